The summed E-state index contributed by atoms with van der Waals surface area (Å²) in [5, 5.41) is 0. The molecule has 1 heterocycles. The molecule has 86 valence electrons. The lowest BCUT2D eigenvalue weighted by molar-refractivity contribution is -0.142. The van der Waals surface area contributed by atoms with Gasteiger partial charge in [0, 0.05) is 13.0 Å². The molecule has 0 aromatic carbocycles. The van der Waals surface area contributed by atoms with Crippen LogP contribution in [0.5, 0.6) is 0 Å². The molecule has 3 nitrogen and oxygen atoms in total. The number of hydrogen-bond acceptors (Lipinski definition) is 2. The highest BCUT2D eigenvalue weighted by Crippen LogP contribution is 2.28. The summed E-state index contributed by atoms with van der Waals surface area (Å²) in [6, 6.07) is 0. The minimum absolute atomic E-state index is 0.0359. The number of alkyl halides is 1. The molecule has 1 aliphatic rings. The third kappa shape index (κ3) is 2.80. The Morgan fingerprint density at radius 1 is 1.53 bits per heavy atom. The van der Waals surface area contributed by atoms with Gasteiger partial charge in [0.25, 0.3) is 0 Å². The highest BCUT2D eigenvalue weighted by molar-refractivity contribution is 9.10. The minimum Gasteiger partial charge on any atom is -0.281 e. The second kappa shape index (κ2) is 4.24. The zero-order valence-electron chi connectivity index (χ0n) is 9.71. The summed E-state index contributed by atoms with van der Waals surface area (Å²) in [7, 11) is 0. The van der Waals surface area contributed by atoms with Crippen LogP contribution in [-0.4, -0.2) is 27.6 Å². The Morgan fingerprint density at radius 3 is 2.40 bits per heavy atom. The van der Waals surface area contributed by atoms with Gasteiger partial charge in [-0.1, -0.05) is 29.8 Å². The van der Waals surface area contributed by atoms with Crippen molar-refractivity contribution in [1.29, 1.82) is 0 Å². The molecule has 4 heteroatoms. The maximum atomic E-state index is 11.9. The highest BCUT2D eigenvalue weighted by Gasteiger charge is 2.40. The van der Waals surface area contributed by atoms with Crippen molar-refractivity contribution in [3.05, 3.63) is 0 Å². The van der Waals surface area contributed by atoms with Crippen LogP contribution < -0.4 is 0 Å². The smallest absolute Gasteiger partial charge is 0.245 e. The molecule has 0 aromatic rings. The number of amides is 2. The van der Waals surface area contributed by atoms with E-state index in [0.717, 1.165) is 0 Å². The molecule has 0 radical (unpaired) electrons. The first kappa shape index (κ1) is 12.7. The van der Waals surface area contributed by atoms with Gasteiger partial charge in [0.2, 0.25) is 11.8 Å². The number of rotatable bonds is 2. The van der Waals surface area contributed by atoms with E-state index in [-0.39, 0.29) is 11.8 Å². The molecule has 1 aliphatic heterocycles. The van der Waals surface area contributed by atoms with Gasteiger partial charge < -0.3 is 0 Å². The SMILES string of the molecule is CC(C)C1CC(=O)N(C(=O)C(C)(C)Br)C1. The van der Waals surface area contributed by atoms with Crippen LogP contribution in [0.15, 0.2) is 0 Å². The van der Waals surface area contributed by atoms with Crippen molar-refractivity contribution >= 4 is 27.7 Å². The maximum absolute atomic E-state index is 11.9. The van der Waals surface area contributed by atoms with Gasteiger partial charge in [-0.25, -0.2) is 0 Å². The van der Waals surface area contributed by atoms with Gasteiger partial charge in [-0.15, -0.1) is 0 Å². The van der Waals surface area contributed by atoms with Gasteiger partial charge >= 0.3 is 0 Å². The van der Waals surface area contributed by atoms with Gasteiger partial charge in [-0.05, 0) is 25.7 Å². The molecule has 0 saturated carbocycles. The predicted molar refractivity (Wildman–Crippen MR) is 62.7 cm³/mol. The van der Waals surface area contributed by atoms with E-state index in [9.17, 15) is 9.59 Å². The number of halogens is 1. The van der Waals surface area contributed by atoms with Crippen LogP contribution in [0.2, 0.25) is 0 Å². The fraction of sp³-hybridized carbons (Fsp3) is 0.818. The fourth-order valence-electron chi connectivity index (χ4n) is 1.70. The Balaban J connectivity index is 2.74. The summed E-state index contributed by atoms with van der Waals surface area (Å²) in [5.41, 5.74) is 0. The number of imide groups is 1. The van der Waals surface area contributed by atoms with Crippen molar-refractivity contribution in [2.45, 2.75) is 38.4 Å². The molecule has 1 rings (SSSR count). The first-order valence-electron chi connectivity index (χ1n) is 5.27. The Kier molecular flexibility index (Phi) is 3.59. The van der Waals surface area contributed by atoms with Crippen LogP contribution in [0, 0.1) is 11.8 Å². The third-order valence-corrected chi connectivity index (χ3v) is 3.19. The monoisotopic (exact) mass is 275 g/mol. The molecule has 2 amide bonds. The van der Waals surface area contributed by atoms with E-state index in [1.807, 2.05) is 0 Å². The molecule has 0 bridgehead atoms. The number of hydrogen-bond donors (Lipinski definition) is 0. The van der Waals surface area contributed by atoms with E-state index in [0.29, 0.717) is 24.8 Å². The molecule has 1 saturated heterocycles. The quantitative estimate of drug-likeness (QED) is 0.725. The molecule has 0 aliphatic carbocycles. The van der Waals surface area contributed by atoms with Gasteiger partial charge in [0.15, 0.2) is 0 Å². The summed E-state index contributed by atoms with van der Waals surface area (Å²) in [4.78, 5) is 25.0. The van der Waals surface area contributed by atoms with Crippen molar-refractivity contribution in [1.82, 2.24) is 4.90 Å². The maximum Gasteiger partial charge on any atom is 0.245 e. The van der Waals surface area contributed by atoms with Crippen molar-refractivity contribution in [3.8, 4) is 0 Å². The number of carbonyl (C=O) groups excluding carboxylic acids is 2. The summed E-state index contributed by atoms with van der Waals surface area (Å²) >= 11 is 3.29. The van der Waals surface area contributed by atoms with E-state index < -0.39 is 4.32 Å². The highest BCUT2D eigenvalue weighted by atomic mass is 79.9. The minimum atomic E-state index is -0.644. The van der Waals surface area contributed by atoms with Crippen molar-refractivity contribution < 1.29 is 9.59 Å². The Hall–Kier alpha value is -0.380. The zero-order chi connectivity index (χ0) is 11.8. The van der Waals surface area contributed by atoms with E-state index in [4.69, 9.17) is 0 Å². The zero-order valence-corrected chi connectivity index (χ0v) is 11.3. The molecule has 1 atom stereocenters. The third-order valence-electron chi connectivity index (χ3n) is 2.85. The number of nitrogens with zero attached hydrogens (tertiary/aromatic N) is 1. The molecular weight excluding hydrogens is 258 g/mol. The second-order valence-corrected chi connectivity index (χ2v) is 6.97. The molecule has 0 aromatic heterocycles. The largest absolute Gasteiger partial charge is 0.281 e. The second-order valence-electron chi connectivity index (χ2n) is 4.99. The molecule has 1 unspecified atom stereocenters. The molecule has 1 fully saturated rings. The van der Waals surface area contributed by atoms with Gasteiger partial charge in [0.05, 0.1) is 4.32 Å². The van der Waals surface area contributed by atoms with Crippen LogP contribution in [0.3, 0.4) is 0 Å². The van der Waals surface area contributed by atoms with Crippen LogP contribution in [0.1, 0.15) is 34.1 Å². The van der Waals surface area contributed by atoms with Crippen LogP contribution in [0.4, 0.5) is 0 Å². The predicted octanol–water partition coefficient (Wildman–Crippen LogP) is 2.19. The van der Waals surface area contributed by atoms with Crippen molar-refractivity contribution in [3.63, 3.8) is 0 Å². The number of carbonyl (C=O) groups is 2. The molecule has 15 heavy (non-hydrogen) atoms. The van der Waals surface area contributed by atoms with Crippen molar-refractivity contribution in [2.24, 2.45) is 11.8 Å². The molecular formula is C11H18BrNO2. The van der Waals surface area contributed by atoms with E-state index in [2.05, 4.69) is 29.8 Å². The topological polar surface area (TPSA) is 37.4 Å². The fourth-order valence-corrected chi connectivity index (χ4v) is 1.91. The van der Waals surface area contributed by atoms with Crippen LogP contribution in [-0.2, 0) is 9.59 Å². The lowest BCUT2D eigenvalue weighted by Crippen LogP contribution is -2.42. The summed E-state index contributed by atoms with van der Waals surface area (Å²) in [5.74, 6) is 0.600. The summed E-state index contributed by atoms with van der Waals surface area (Å²) < 4.78 is -0.644. The number of likely N-dealkylation sites (tertiary alicyclic amines) is 1. The van der Waals surface area contributed by atoms with Crippen LogP contribution >= 0.6 is 15.9 Å². The van der Waals surface area contributed by atoms with E-state index >= 15 is 0 Å². The first-order valence-corrected chi connectivity index (χ1v) is 6.06. The van der Waals surface area contributed by atoms with Crippen LogP contribution in [0.25, 0.3) is 0 Å². The standard InChI is InChI=1S/C11H18BrNO2/c1-7(2)8-5-9(14)13(6-8)10(15)11(3,4)12/h7-8H,5-6H2,1-4H3. The van der Waals surface area contributed by atoms with Gasteiger partial charge in [0.1, 0.15) is 0 Å². The lowest BCUT2D eigenvalue weighted by atomic mass is 9.95. The Bertz CT molecular complexity index is 281. The normalized spacial score (nSPS) is 22.7. The molecule has 0 spiro atoms. The molecule has 0 N–H and O–H groups in total. The van der Waals surface area contributed by atoms with E-state index in [1.165, 1.54) is 4.90 Å². The average molecular weight is 276 g/mol. The Morgan fingerprint density at radius 2 is 2.07 bits per heavy atom. The Labute approximate surface area is 99.3 Å². The summed E-state index contributed by atoms with van der Waals surface area (Å²) in [6.45, 7) is 8.29. The average Bonchev–Trinajstić information content (AvgIpc) is 2.44. The van der Waals surface area contributed by atoms with Gasteiger partial charge in [-0.3, -0.25) is 14.5 Å². The lowest BCUT2D eigenvalue weighted by Gasteiger charge is -2.23. The van der Waals surface area contributed by atoms with E-state index in [1.54, 1.807) is 13.8 Å². The van der Waals surface area contributed by atoms with Crippen molar-refractivity contribution in [2.75, 3.05) is 6.54 Å². The first-order chi connectivity index (χ1) is 6.73. The summed E-state index contributed by atoms with van der Waals surface area (Å²) in [6.07, 6.45) is 0.506. The van der Waals surface area contributed by atoms with Gasteiger partial charge in [-0.2, -0.15) is 0 Å².